The Labute approximate surface area is 105 Å². The van der Waals surface area contributed by atoms with Gasteiger partial charge in [0.05, 0.1) is 10.0 Å². The van der Waals surface area contributed by atoms with E-state index in [4.69, 9.17) is 23.2 Å². The zero-order chi connectivity index (χ0) is 11.5. The van der Waals surface area contributed by atoms with Crippen molar-refractivity contribution in [2.24, 2.45) is 0 Å². The van der Waals surface area contributed by atoms with Gasteiger partial charge in [0, 0.05) is 11.4 Å². The summed E-state index contributed by atoms with van der Waals surface area (Å²) in [6.45, 7) is 1.94. The van der Waals surface area contributed by atoms with Crippen LogP contribution in [-0.4, -0.2) is 0 Å². The highest BCUT2D eigenvalue weighted by atomic mass is 35.5. The average molecular weight is 252 g/mol. The Balaban J connectivity index is 2.33. The molecule has 0 spiro atoms. The van der Waals surface area contributed by atoms with E-state index in [1.807, 2.05) is 43.3 Å². The Kier molecular flexibility index (Phi) is 3.37. The van der Waals surface area contributed by atoms with E-state index >= 15 is 0 Å². The standard InChI is InChI=1S/C13H11Cl2N/c1-9-12(8-7-11(14)13(9)15)16-10-5-3-2-4-6-10/h2-8,16H,1H3. The Morgan fingerprint density at radius 3 is 2.31 bits per heavy atom. The molecule has 0 saturated carbocycles. The molecule has 0 bridgehead atoms. The second kappa shape index (κ2) is 4.77. The van der Waals surface area contributed by atoms with Gasteiger partial charge in [0.15, 0.2) is 0 Å². The third kappa shape index (κ3) is 2.31. The molecular weight excluding hydrogens is 241 g/mol. The molecular formula is C13H11Cl2N. The SMILES string of the molecule is Cc1c(Nc2ccccc2)ccc(Cl)c1Cl. The summed E-state index contributed by atoms with van der Waals surface area (Å²) in [5.41, 5.74) is 2.96. The molecule has 0 heterocycles. The second-order valence-electron chi connectivity index (χ2n) is 3.52. The molecule has 2 rings (SSSR count). The Morgan fingerprint density at radius 2 is 1.62 bits per heavy atom. The van der Waals surface area contributed by atoms with Crippen molar-refractivity contribution in [1.29, 1.82) is 0 Å². The minimum absolute atomic E-state index is 0.581. The van der Waals surface area contributed by atoms with E-state index in [1.165, 1.54) is 0 Å². The van der Waals surface area contributed by atoms with E-state index in [2.05, 4.69) is 5.32 Å². The van der Waals surface area contributed by atoms with E-state index in [-0.39, 0.29) is 0 Å². The maximum absolute atomic E-state index is 6.08. The highest BCUT2D eigenvalue weighted by Crippen LogP contribution is 2.32. The maximum atomic E-state index is 6.08. The lowest BCUT2D eigenvalue weighted by Crippen LogP contribution is -1.93. The summed E-state index contributed by atoms with van der Waals surface area (Å²) in [6.07, 6.45) is 0. The molecule has 2 aromatic rings. The average Bonchev–Trinajstić information content (AvgIpc) is 2.31. The largest absolute Gasteiger partial charge is 0.355 e. The van der Waals surface area contributed by atoms with Crippen LogP contribution < -0.4 is 5.32 Å². The highest BCUT2D eigenvalue weighted by molar-refractivity contribution is 6.42. The van der Waals surface area contributed by atoms with Gasteiger partial charge in [-0.05, 0) is 36.8 Å². The predicted molar refractivity (Wildman–Crippen MR) is 70.9 cm³/mol. The van der Waals surface area contributed by atoms with Gasteiger partial charge in [-0.25, -0.2) is 0 Å². The molecule has 0 aliphatic heterocycles. The monoisotopic (exact) mass is 251 g/mol. The summed E-state index contributed by atoms with van der Waals surface area (Å²) in [7, 11) is 0. The third-order valence-corrected chi connectivity index (χ3v) is 3.29. The first kappa shape index (κ1) is 11.3. The van der Waals surface area contributed by atoms with Crippen molar-refractivity contribution in [3.05, 3.63) is 58.1 Å². The van der Waals surface area contributed by atoms with Gasteiger partial charge in [0.25, 0.3) is 0 Å². The van der Waals surface area contributed by atoms with Crippen LogP contribution in [-0.2, 0) is 0 Å². The zero-order valence-corrected chi connectivity index (χ0v) is 10.3. The lowest BCUT2D eigenvalue weighted by Gasteiger charge is -2.11. The van der Waals surface area contributed by atoms with Gasteiger partial charge in [-0.3, -0.25) is 0 Å². The van der Waals surface area contributed by atoms with Crippen LogP contribution in [0.4, 0.5) is 11.4 Å². The summed E-state index contributed by atoms with van der Waals surface area (Å²) < 4.78 is 0. The van der Waals surface area contributed by atoms with E-state index in [1.54, 1.807) is 6.07 Å². The summed E-state index contributed by atoms with van der Waals surface area (Å²) in [6, 6.07) is 13.7. The van der Waals surface area contributed by atoms with E-state index < -0.39 is 0 Å². The van der Waals surface area contributed by atoms with Gasteiger partial charge in [0.2, 0.25) is 0 Å². The van der Waals surface area contributed by atoms with Crippen LogP contribution in [0.5, 0.6) is 0 Å². The Hall–Kier alpha value is -1.18. The molecule has 3 heteroatoms. The quantitative estimate of drug-likeness (QED) is 0.788. The normalized spacial score (nSPS) is 10.2. The van der Waals surface area contributed by atoms with Crippen molar-refractivity contribution in [3.8, 4) is 0 Å². The van der Waals surface area contributed by atoms with Crippen LogP contribution >= 0.6 is 23.2 Å². The van der Waals surface area contributed by atoms with E-state index in [0.717, 1.165) is 16.9 Å². The molecule has 0 unspecified atom stereocenters. The van der Waals surface area contributed by atoms with Crippen LogP contribution in [0.2, 0.25) is 10.0 Å². The van der Waals surface area contributed by atoms with Gasteiger partial charge < -0.3 is 5.32 Å². The number of anilines is 2. The minimum Gasteiger partial charge on any atom is -0.355 e. The van der Waals surface area contributed by atoms with Crippen molar-refractivity contribution < 1.29 is 0 Å². The van der Waals surface area contributed by atoms with E-state index in [9.17, 15) is 0 Å². The minimum atomic E-state index is 0.581. The third-order valence-electron chi connectivity index (χ3n) is 2.39. The topological polar surface area (TPSA) is 12.0 Å². The van der Waals surface area contributed by atoms with Crippen LogP contribution in [0, 0.1) is 6.92 Å². The van der Waals surface area contributed by atoms with Crippen molar-refractivity contribution in [2.75, 3.05) is 5.32 Å². The molecule has 1 nitrogen and oxygen atoms in total. The molecule has 16 heavy (non-hydrogen) atoms. The Morgan fingerprint density at radius 1 is 0.938 bits per heavy atom. The lowest BCUT2D eigenvalue weighted by atomic mass is 10.2. The molecule has 0 atom stereocenters. The number of hydrogen-bond donors (Lipinski definition) is 1. The summed E-state index contributed by atoms with van der Waals surface area (Å²) in [5.74, 6) is 0. The molecule has 0 fully saturated rings. The van der Waals surface area contributed by atoms with Crippen molar-refractivity contribution in [1.82, 2.24) is 0 Å². The van der Waals surface area contributed by atoms with Crippen LogP contribution in [0.15, 0.2) is 42.5 Å². The molecule has 1 N–H and O–H groups in total. The number of benzene rings is 2. The second-order valence-corrected chi connectivity index (χ2v) is 4.31. The Bertz CT molecular complexity index is 495. The molecule has 0 aromatic heterocycles. The molecule has 0 radical (unpaired) electrons. The number of rotatable bonds is 2. The molecule has 0 aliphatic carbocycles. The van der Waals surface area contributed by atoms with Crippen LogP contribution in [0.3, 0.4) is 0 Å². The summed E-state index contributed by atoms with van der Waals surface area (Å²) in [4.78, 5) is 0. The fourth-order valence-corrected chi connectivity index (χ4v) is 1.83. The predicted octanol–water partition coefficient (Wildman–Crippen LogP) is 5.05. The first-order valence-corrected chi connectivity index (χ1v) is 5.71. The van der Waals surface area contributed by atoms with Crippen LogP contribution in [0.25, 0.3) is 0 Å². The summed E-state index contributed by atoms with van der Waals surface area (Å²) >= 11 is 12.0. The molecule has 0 aliphatic rings. The van der Waals surface area contributed by atoms with Crippen molar-refractivity contribution in [2.45, 2.75) is 6.92 Å². The molecule has 0 saturated heterocycles. The number of halogens is 2. The first-order valence-electron chi connectivity index (χ1n) is 4.95. The van der Waals surface area contributed by atoms with Gasteiger partial charge in [-0.1, -0.05) is 41.4 Å². The van der Waals surface area contributed by atoms with Gasteiger partial charge >= 0.3 is 0 Å². The maximum Gasteiger partial charge on any atom is 0.0642 e. The number of hydrogen-bond acceptors (Lipinski definition) is 1. The lowest BCUT2D eigenvalue weighted by molar-refractivity contribution is 1.43. The fraction of sp³-hybridized carbons (Fsp3) is 0.0769. The number of para-hydroxylation sites is 1. The van der Waals surface area contributed by atoms with Crippen LogP contribution in [0.1, 0.15) is 5.56 Å². The molecule has 2 aromatic carbocycles. The number of nitrogens with one attached hydrogen (secondary N) is 1. The van der Waals surface area contributed by atoms with Gasteiger partial charge in [-0.2, -0.15) is 0 Å². The smallest absolute Gasteiger partial charge is 0.0642 e. The van der Waals surface area contributed by atoms with Crippen molar-refractivity contribution in [3.63, 3.8) is 0 Å². The molecule has 0 amide bonds. The van der Waals surface area contributed by atoms with E-state index in [0.29, 0.717) is 10.0 Å². The van der Waals surface area contributed by atoms with Gasteiger partial charge in [-0.15, -0.1) is 0 Å². The fourth-order valence-electron chi connectivity index (χ4n) is 1.46. The van der Waals surface area contributed by atoms with Crippen molar-refractivity contribution >= 4 is 34.6 Å². The highest BCUT2D eigenvalue weighted by Gasteiger charge is 2.06. The summed E-state index contributed by atoms with van der Waals surface area (Å²) in [5, 5.41) is 4.48. The van der Waals surface area contributed by atoms with Gasteiger partial charge in [0.1, 0.15) is 0 Å². The first-order chi connectivity index (χ1) is 7.68. The zero-order valence-electron chi connectivity index (χ0n) is 8.80. The molecule has 82 valence electrons.